The first-order chi connectivity index (χ1) is 16.7. The molecule has 1 aliphatic heterocycles. The molecule has 172 valence electrons. The molecule has 1 saturated carbocycles. The second-order valence-electron chi connectivity index (χ2n) is 8.83. The number of fused-ring (bicyclic) bond motifs is 2. The number of nitrogens with zero attached hydrogens (tertiary/aromatic N) is 1. The molecular formula is C27H25N3O4. The van der Waals surface area contributed by atoms with Gasteiger partial charge in [-0.25, -0.2) is 0 Å². The summed E-state index contributed by atoms with van der Waals surface area (Å²) in [7, 11) is 0. The molecule has 34 heavy (non-hydrogen) atoms. The van der Waals surface area contributed by atoms with Crippen molar-refractivity contribution in [3.63, 3.8) is 0 Å². The van der Waals surface area contributed by atoms with Gasteiger partial charge in [-0.05, 0) is 48.7 Å². The number of rotatable bonds is 4. The normalized spacial score (nSPS) is 19.3. The molecule has 0 radical (unpaired) electrons. The second-order valence-corrected chi connectivity index (χ2v) is 8.83. The number of carbonyl (C=O) groups excluding carboxylic acids is 1. The van der Waals surface area contributed by atoms with E-state index in [1.54, 1.807) is 6.20 Å². The van der Waals surface area contributed by atoms with E-state index < -0.39 is 0 Å². The third-order valence-corrected chi connectivity index (χ3v) is 6.65. The van der Waals surface area contributed by atoms with Crippen LogP contribution in [0.4, 0.5) is 0 Å². The van der Waals surface area contributed by atoms with Crippen molar-refractivity contribution in [1.82, 2.24) is 10.3 Å². The van der Waals surface area contributed by atoms with Crippen molar-refractivity contribution >= 4 is 17.0 Å². The number of furan rings is 1. The molecule has 3 heterocycles. The number of aromatic nitrogens is 1. The van der Waals surface area contributed by atoms with Crippen molar-refractivity contribution in [3.05, 3.63) is 66.4 Å². The molecule has 0 spiro atoms. The molecule has 7 heteroatoms. The molecule has 0 bridgehead atoms. The van der Waals surface area contributed by atoms with E-state index in [4.69, 9.17) is 19.6 Å². The van der Waals surface area contributed by atoms with E-state index in [-0.39, 0.29) is 24.8 Å². The number of para-hydroxylation sites is 1. The number of nitrogens with two attached hydrogens (primary N) is 1. The molecule has 2 aliphatic rings. The van der Waals surface area contributed by atoms with E-state index in [2.05, 4.69) is 10.3 Å². The van der Waals surface area contributed by atoms with Gasteiger partial charge in [0.2, 0.25) is 6.79 Å². The number of hydrogen-bond acceptors (Lipinski definition) is 6. The van der Waals surface area contributed by atoms with Crippen LogP contribution in [0.25, 0.3) is 33.6 Å². The zero-order chi connectivity index (χ0) is 23.1. The first kappa shape index (κ1) is 20.7. The van der Waals surface area contributed by atoms with Crippen LogP contribution in [0.5, 0.6) is 11.5 Å². The molecule has 2 aromatic carbocycles. The van der Waals surface area contributed by atoms with Gasteiger partial charge in [0.05, 0.1) is 5.56 Å². The van der Waals surface area contributed by atoms with E-state index >= 15 is 0 Å². The highest BCUT2D eigenvalue weighted by molar-refractivity contribution is 5.98. The van der Waals surface area contributed by atoms with E-state index in [0.717, 1.165) is 47.9 Å². The summed E-state index contributed by atoms with van der Waals surface area (Å²) < 4.78 is 17.4. The van der Waals surface area contributed by atoms with E-state index in [1.165, 1.54) is 0 Å². The van der Waals surface area contributed by atoms with Crippen LogP contribution in [0.2, 0.25) is 0 Å². The molecule has 1 fully saturated rings. The summed E-state index contributed by atoms with van der Waals surface area (Å²) >= 11 is 0. The molecule has 7 nitrogen and oxygen atoms in total. The van der Waals surface area contributed by atoms with Gasteiger partial charge in [-0.3, -0.25) is 9.78 Å². The lowest BCUT2D eigenvalue weighted by Crippen LogP contribution is -2.49. The largest absolute Gasteiger partial charge is 0.454 e. The van der Waals surface area contributed by atoms with Crippen LogP contribution in [-0.2, 0) is 0 Å². The van der Waals surface area contributed by atoms with Gasteiger partial charge in [0.25, 0.3) is 5.91 Å². The van der Waals surface area contributed by atoms with Crippen molar-refractivity contribution in [2.75, 3.05) is 6.79 Å². The number of pyridine rings is 1. The monoisotopic (exact) mass is 455 g/mol. The maximum atomic E-state index is 13.0. The Labute approximate surface area is 196 Å². The lowest BCUT2D eigenvalue weighted by Gasteiger charge is -2.29. The van der Waals surface area contributed by atoms with Gasteiger partial charge in [0.1, 0.15) is 11.3 Å². The van der Waals surface area contributed by atoms with Gasteiger partial charge in [-0.2, -0.15) is 0 Å². The highest BCUT2D eigenvalue weighted by atomic mass is 16.7. The lowest BCUT2D eigenvalue weighted by atomic mass is 9.91. The van der Waals surface area contributed by atoms with Crippen LogP contribution in [0.15, 0.2) is 65.2 Å². The van der Waals surface area contributed by atoms with Crippen molar-refractivity contribution in [2.45, 2.75) is 37.8 Å². The third kappa shape index (κ3) is 3.68. The lowest BCUT2D eigenvalue weighted by molar-refractivity contribution is 0.0921. The summed E-state index contributed by atoms with van der Waals surface area (Å²) in [4.78, 5) is 17.5. The Bertz CT molecular complexity index is 1380. The fraction of sp³-hybridized carbons (Fsp3) is 0.259. The van der Waals surface area contributed by atoms with Gasteiger partial charge in [-0.1, -0.05) is 31.0 Å². The predicted octanol–water partition coefficient (Wildman–Crippen LogP) is 4.89. The summed E-state index contributed by atoms with van der Waals surface area (Å²) in [5.74, 6) is 1.91. The SMILES string of the molecule is N[C@H]1CCCC[C@H]1NC(=O)c1cccc(-c2ccnc3cc(-c4cccc5c4OCO5)oc23)c1. The molecule has 0 unspecified atom stereocenters. The van der Waals surface area contributed by atoms with Crippen molar-refractivity contribution in [2.24, 2.45) is 5.73 Å². The third-order valence-electron chi connectivity index (χ3n) is 6.65. The van der Waals surface area contributed by atoms with Crippen LogP contribution in [-0.4, -0.2) is 29.8 Å². The molecule has 6 rings (SSSR count). The maximum absolute atomic E-state index is 13.0. The number of hydrogen-bond donors (Lipinski definition) is 2. The van der Waals surface area contributed by atoms with Crippen LogP contribution >= 0.6 is 0 Å². The topological polar surface area (TPSA) is 99.6 Å². The number of benzene rings is 2. The Kier molecular flexibility index (Phi) is 5.19. The summed E-state index contributed by atoms with van der Waals surface area (Å²) in [6.45, 7) is 0.191. The molecular weight excluding hydrogens is 430 g/mol. The highest BCUT2D eigenvalue weighted by Gasteiger charge is 2.24. The predicted molar refractivity (Wildman–Crippen MR) is 129 cm³/mol. The molecule has 2 aromatic heterocycles. The van der Waals surface area contributed by atoms with Crippen molar-refractivity contribution in [1.29, 1.82) is 0 Å². The zero-order valence-electron chi connectivity index (χ0n) is 18.6. The van der Waals surface area contributed by atoms with Gasteiger partial charge >= 0.3 is 0 Å². The first-order valence-corrected chi connectivity index (χ1v) is 11.6. The minimum absolute atomic E-state index is 0.0102. The Balaban J connectivity index is 1.34. The quantitative estimate of drug-likeness (QED) is 0.455. The first-order valence-electron chi connectivity index (χ1n) is 11.6. The fourth-order valence-corrected chi connectivity index (χ4v) is 4.84. The number of ether oxygens (including phenoxy) is 2. The molecule has 0 saturated heterocycles. The highest BCUT2D eigenvalue weighted by Crippen LogP contribution is 2.43. The standard InChI is InChI=1S/C27H25N3O4/c28-20-8-1-2-9-21(20)30-27(31)17-6-3-5-16(13-17)18-11-12-29-22-14-24(34-25(18)22)19-7-4-10-23-26(19)33-15-32-23/h3-7,10-14,20-21H,1-2,8-9,15,28H2,(H,30,31)/t20-,21+/m0/s1. The van der Waals surface area contributed by atoms with Crippen molar-refractivity contribution < 1.29 is 18.7 Å². The summed E-state index contributed by atoms with van der Waals surface area (Å²) in [6.07, 6.45) is 5.83. The van der Waals surface area contributed by atoms with Crippen LogP contribution in [0, 0.1) is 0 Å². The molecule has 3 N–H and O–H groups in total. The number of amides is 1. The average molecular weight is 456 g/mol. The fourth-order valence-electron chi connectivity index (χ4n) is 4.84. The van der Waals surface area contributed by atoms with Crippen molar-refractivity contribution in [3.8, 4) is 33.9 Å². The van der Waals surface area contributed by atoms with E-state index in [9.17, 15) is 4.79 Å². The summed E-state index contributed by atoms with van der Waals surface area (Å²) in [5.41, 5.74) is 10.8. The second kappa shape index (κ2) is 8.50. The van der Waals surface area contributed by atoms with Gasteiger partial charge in [0, 0.05) is 35.5 Å². The Morgan fingerprint density at radius 2 is 1.88 bits per heavy atom. The minimum atomic E-state index is -0.105. The number of nitrogens with one attached hydrogen (secondary N) is 1. The van der Waals surface area contributed by atoms with Gasteiger partial charge in [0.15, 0.2) is 17.1 Å². The summed E-state index contributed by atoms with van der Waals surface area (Å²) in [5, 5.41) is 3.12. The molecule has 2 atom stereocenters. The minimum Gasteiger partial charge on any atom is -0.454 e. The van der Waals surface area contributed by atoms with Crippen LogP contribution in [0.3, 0.4) is 0 Å². The Morgan fingerprint density at radius 1 is 1.00 bits per heavy atom. The Morgan fingerprint density at radius 3 is 2.79 bits per heavy atom. The average Bonchev–Trinajstić information content (AvgIpc) is 3.52. The smallest absolute Gasteiger partial charge is 0.251 e. The maximum Gasteiger partial charge on any atom is 0.251 e. The Hall–Kier alpha value is -3.84. The van der Waals surface area contributed by atoms with Crippen LogP contribution < -0.4 is 20.5 Å². The summed E-state index contributed by atoms with van der Waals surface area (Å²) in [6, 6.07) is 17.1. The van der Waals surface area contributed by atoms with Gasteiger partial charge < -0.3 is 24.9 Å². The van der Waals surface area contributed by atoms with Gasteiger partial charge in [-0.15, -0.1) is 0 Å². The number of carbonyl (C=O) groups is 1. The zero-order valence-corrected chi connectivity index (χ0v) is 18.6. The molecule has 1 amide bonds. The molecule has 1 aliphatic carbocycles. The van der Waals surface area contributed by atoms with Crippen LogP contribution in [0.1, 0.15) is 36.0 Å². The van der Waals surface area contributed by atoms with E-state index in [1.807, 2.05) is 54.6 Å². The molecule has 4 aromatic rings. The van der Waals surface area contributed by atoms with E-state index in [0.29, 0.717) is 28.4 Å².